The van der Waals surface area contributed by atoms with Crippen LogP contribution in [0.3, 0.4) is 0 Å². The number of hydrogen-bond donors (Lipinski definition) is 1. The second-order valence-corrected chi connectivity index (χ2v) is 3.75. The lowest BCUT2D eigenvalue weighted by molar-refractivity contribution is -0.386. The lowest BCUT2D eigenvalue weighted by atomic mass is 10.2. The van der Waals surface area contributed by atoms with Gasteiger partial charge in [-0.1, -0.05) is 6.92 Å². The Balaban J connectivity index is 3.01. The van der Waals surface area contributed by atoms with Gasteiger partial charge in [-0.25, -0.2) is 0 Å². The molecule has 0 aliphatic heterocycles. The Morgan fingerprint density at radius 3 is 2.60 bits per heavy atom. The summed E-state index contributed by atoms with van der Waals surface area (Å²) in [5.41, 5.74) is 1.03. The minimum Gasteiger partial charge on any atom is -0.396 e. The molecule has 0 aliphatic carbocycles. The highest BCUT2D eigenvalue weighted by molar-refractivity contribution is 5.39. The van der Waals surface area contributed by atoms with E-state index in [1.807, 2.05) is 6.92 Å². The zero-order valence-electron chi connectivity index (χ0n) is 9.10. The van der Waals surface area contributed by atoms with Crippen LogP contribution in [0.1, 0.15) is 18.3 Å². The molecule has 84 valence electrons. The predicted molar refractivity (Wildman–Crippen MR) is 54.6 cm³/mol. The van der Waals surface area contributed by atoms with Crippen molar-refractivity contribution in [3.05, 3.63) is 21.5 Å². The highest BCUT2D eigenvalue weighted by Gasteiger charge is 2.22. The number of aromatic nitrogens is 2. The molecule has 0 saturated carbocycles. The third-order valence-electron chi connectivity index (χ3n) is 2.32. The zero-order chi connectivity index (χ0) is 11.6. The average molecular weight is 213 g/mol. The first-order chi connectivity index (χ1) is 6.97. The molecule has 6 nitrogen and oxygen atoms in total. The van der Waals surface area contributed by atoms with E-state index < -0.39 is 4.92 Å². The molecule has 0 spiro atoms. The monoisotopic (exact) mass is 213 g/mol. The fourth-order valence-electron chi connectivity index (χ4n) is 1.48. The Bertz CT molecular complexity index is 373. The fourth-order valence-corrected chi connectivity index (χ4v) is 1.48. The second kappa shape index (κ2) is 4.39. The van der Waals surface area contributed by atoms with Gasteiger partial charge in [0.15, 0.2) is 0 Å². The van der Waals surface area contributed by atoms with Gasteiger partial charge >= 0.3 is 5.69 Å². The summed E-state index contributed by atoms with van der Waals surface area (Å²) in [5.74, 6) is 0.0441. The summed E-state index contributed by atoms with van der Waals surface area (Å²) < 4.78 is 1.58. The Morgan fingerprint density at radius 1 is 1.60 bits per heavy atom. The van der Waals surface area contributed by atoms with E-state index in [0.29, 0.717) is 17.9 Å². The van der Waals surface area contributed by atoms with E-state index in [1.165, 1.54) is 0 Å². The van der Waals surface area contributed by atoms with Gasteiger partial charge in [0.2, 0.25) is 0 Å². The quantitative estimate of drug-likeness (QED) is 0.598. The third-order valence-corrected chi connectivity index (χ3v) is 2.32. The average Bonchev–Trinajstić information content (AvgIpc) is 2.41. The van der Waals surface area contributed by atoms with Crippen molar-refractivity contribution < 1.29 is 10.0 Å². The molecular weight excluding hydrogens is 198 g/mol. The second-order valence-electron chi connectivity index (χ2n) is 3.75. The molecular formula is C9H15N3O3. The van der Waals surface area contributed by atoms with E-state index in [4.69, 9.17) is 5.11 Å². The number of nitro groups is 1. The van der Waals surface area contributed by atoms with Gasteiger partial charge in [0.05, 0.1) is 4.92 Å². The number of aryl methyl sites for hydroxylation is 1. The van der Waals surface area contributed by atoms with Crippen molar-refractivity contribution in [1.82, 2.24) is 9.78 Å². The minimum atomic E-state index is -0.419. The molecule has 0 amide bonds. The zero-order valence-corrected chi connectivity index (χ0v) is 9.10. The van der Waals surface area contributed by atoms with Crippen molar-refractivity contribution in [3.63, 3.8) is 0 Å². The first kappa shape index (κ1) is 11.6. The molecule has 0 bridgehead atoms. The number of hydrogen-bond acceptors (Lipinski definition) is 4. The summed E-state index contributed by atoms with van der Waals surface area (Å²) in [6.07, 6.45) is 0. The Kier molecular flexibility index (Phi) is 3.41. The molecule has 0 aromatic carbocycles. The molecule has 1 atom stereocenters. The Morgan fingerprint density at radius 2 is 2.20 bits per heavy atom. The van der Waals surface area contributed by atoms with E-state index in [2.05, 4.69) is 5.10 Å². The summed E-state index contributed by atoms with van der Waals surface area (Å²) >= 11 is 0. The maximum absolute atomic E-state index is 10.7. The maximum atomic E-state index is 10.7. The van der Waals surface area contributed by atoms with E-state index in [1.54, 1.807) is 18.5 Å². The van der Waals surface area contributed by atoms with Crippen molar-refractivity contribution in [2.75, 3.05) is 6.61 Å². The molecule has 1 unspecified atom stereocenters. The summed E-state index contributed by atoms with van der Waals surface area (Å²) in [6, 6.07) is 0. The first-order valence-electron chi connectivity index (χ1n) is 4.76. The minimum absolute atomic E-state index is 0.0441. The normalized spacial score (nSPS) is 12.8. The van der Waals surface area contributed by atoms with Crippen LogP contribution in [-0.2, 0) is 6.54 Å². The SMILES string of the molecule is Cc1nn(CC(C)CO)c(C)c1[N+](=O)[O-]. The van der Waals surface area contributed by atoms with Crippen LogP contribution in [0.25, 0.3) is 0 Å². The summed E-state index contributed by atoms with van der Waals surface area (Å²) in [5, 5.41) is 23.7. The van der Waals surface area contributed by atoms with Crippen LogP contribution < -0.4 is 0 Å². The van der Waals surface area contributed by atoms with Crippen molar-refractivity contribution >= 4 is 5.69 Å². The highest BCUT2D eigenvalue weighted by Crippen LogP contribution is 2.22. The van der Waals surface area contributed by atoms with Crippen molar-refractivity contribution in [1.29, 1.82) is 0 Å². The molecule has 0 radical (unpaired) electrons. The van der Waals surface area contributed by atoms with Gasteiger partial charge in [0, 0.05) is 13.2 Å². The molecule has 0 saturated heterocycles. The lowest BCUT2D eigenvalue weighted by Crippen LogP contribution is -2.13. The van der Waals surface area contributed by atoms with Crippen LogP contribution in [0, 0.1) is 29.9 Å². The molecule has 1 rings (SSSR count). The maximum Gasteiger partial charge on any atom is 0.312 e. The van der Waals surface area contributed by atoms with Crippen molar-refractivity contribution in [2.45, 2.75) is 27.3 Å². The van der Waals surface area contributed by atoms with Gasteiger partial charge in [-0.3, -0.25) is 14.8 Å². The van der Waals surface area contributed by atoms with Gasteiger partial charge < -0.3 is 5.11 Å². The van der Waals surface area contributed by atoms with Gasteiger partial charge in [-0.05, 0) is 19.8 Å². The lowest BCUT2D eigenvalue weighted by Gasteiger charge is -2.08. The van der Waals surface area contributed by atoms with E-state index in [9.17, 15) is 10.1 Å². The molecule has 1 aromatic heterocycles. The molecule has 1 aromatic rings. The first-order valence-corrected chi connectivity index (χ1v) is 4.76. The van der Waals surface area contributed by atoms with Gasteiger partial charge in [0.1, 0.15) is 11.4 Å². The fraction of sp³-hybridized carbons (Fsp3) is 0.667. The number of aliphatic hydroxyl groups excluding tert-OH is 1. The third kappa shape index (κ3) is 2.33. The van der Waals surface area contributed by atoms with Crippen molar-refractivity contribution in [3.8, 4) is 0 Å². The molecule has 15 heavy (non-hydrogen) atoms. The Hall–Kier alpha value is -1.43. The smallest absolute Gasteiger partial charge is 0.312 e. The van der Waals surface area contributed by atoms with E-state index in [-0.39, 0.29) is 18.2 Å². The van der Waals surface area contributed by atoms with Gasteiger partial charge in [-0.15, -0.1) is 0 Å². The molecule has 0 aliphatic rings. The van der Waals surface area contributed by atoms with E-state index in [0.717, 1.165) is 0 Å². The highest BCUT2D eigenvalue weighted by atomic mass is 16.6. The van der Waals surface area contributed by atoms with Crippen LogP contribution in [0.2, 0.25) is 0 Å². The molecule has 6 heteroatoms. The standard InChI is InChI=1S/C9H15N3O3/c1-6(5-13)4-11-8(3)9(12(14)15)7(2)10-11/h6,13H,4-5H2,1-3H3. The molecule has 1 heterocycles. The number of nitrogens with zero attached hydrogens (tertiary/aromatic N) is 3. The molecule has 1 N–H and O–H groups in total. The molecule has 0 fully saturated rings. The van der Waals surface area contributed by atoms with Crippen molar-refractivity contribution in [2.24, 2.45) is 5.92 Å². The predicted octanol–water partition coefficient (Wildman–Crippen LogP) is 1.04. The van der Waals surface area contributed by atoms with Gasteiger partial charge in [0.25, 0.3) is 0 Å². The van der Waals surface area contributed by atoms with E-state index >= 15 is 0 Å². The largest absolute Gasteiger partial charge is 0.396 e. The van der Waals surface area contributed by atoms with Crippen LogP contribution in [0.15, 0.2) is 0 Å². The van der Waals surface area contributed by atoms with Crippen LogP contribution in [0.5, 0.6) is 0 Å². The van der Waals surface area contributed by atoms with Crippen LogP contribution in [-0.4, -0.2) is 26.4 Å². The summed E-state index contributed by atoms with van der Waals surface area (Å²) in [7, 11) is 0. The Labute approximate surface area is 87.7 Å². The number of aliphatic hydroxyl groups is 1. The topological polar surface area (TPSA) is 81.2 Å². The van der Waals surface area contributed by atoms with Crippen LogP contribution in [0.4, 0.5) is 5.69 Å². The van der Waals surface area contributed by atoms with Crippen LogP contribution >= 0.6 is 0 Å². The summed E-state index contributed by atoms with van der Waals surface area (Å²) in [6.45, 7) is 5.69. The number of rotatable bonds is 4. The van der Waals surface area contributed by atoms with Gasteiger partial charge in [-0.2, -0.15) is 5.10 Å². The summed E-state index contributed by atoms with van der Waals surface area (Å²) in [4.78, 5) is 10.3.